The molecule has 3 N–H and O–H groups in total. The fraction of sp³-hybridized carbons (Fsp3) is 0.562. The molecule has 1 fully saturated rings. The van der Waals surface area contributed by atoms with Gasteiger partial charge in [-0.3, -0.25) is 4.99 Å². The van der Waals surface area contributed by atoms with Gasteiger partial charge in [0.15, 0.2) is 5.96 Å². The summed E-state index contributed by atoms with van der Waals surface area (Å²) in [6.45, 7) is 2.31. The minimum Gasteiger partial charge on any atom is -0.370 e. The van der Waals surface area contributed by atoms with Crippen molar-refractivity contribution in [3.05, 3.63) is 35.9 Å². The zero-order valence-electron chi connectivity index (χ0n) is 13.4. The van der Waals surface area contributed by atoms with Crippen molar-refractivity contribution in [3.63, 3.8) is 0 Å². The Balaban J connectivity index is 1.78. The van der Waals surface area contributed by atoms with Crippen molar-refractivity contribution in [1.82, 2.24) is 9.62 Å². The number of benzene rings is 1. The zero-order valence-corrected chi connectivity index (χ0v) is 14.3. The van der Waals surface area contributed by atoms with Crippen LogP contribution in [0.1, 0.15) is 31.2 Å². The van der Waals surface area contributed by atoms with Crippen LogP contribution in [0.15, 0.2) is 35.3 Å². The van der Waals surface area contributed by atoms with Crippen molar-refractivity contribution in [2.24, 2.45) is 10.7 Å². The molecule has 1 aliphatic heterocycles. The first-order valence-electron chi connectivity index (χ1n) is 8.13. The van der Waals surface area contributed by atoms with Crippen molar-refractivity contribution < 1.29 is 8.42 Å². The highest BCUT2D eigenvalue weighted by Gasteiger charge is 2.12. The van der Waals surface area contributed by atoms with E-state index in [1.54, 1.807) is 0 Å². The van der Waals surface area contributed by atoms with E-state index in [9.17, 15) is 8.42 Å². The molecule has 0 amide bonds. The predicted octanol–water partition coefficient (Wildman–Crippen LogP) is 1.30. The Kier molecular flexibility index (Phi) is 6.85. The molecule has 1 heterocycles. The van der Waals surface area contributed by atoms with Gasteiger partial charge in [-0.1, -0.05) is 43.2 Å². The molecule has 1 aliphatic rings. The molecule has 0 aliphatic carbocycles. The van der Waals surface area contributed by atoms with Gasteiger partial charge in [-0.2, -0.15) is 0 Å². The number of hydrogen-bond donors (Lipinski definition) is 2. The Labute approximate surface area is 138 Å². The number of rotatable bonds is 6. The second-order valence-electron chi connectivity index (χ2n) is 5.77. The Morgan fingerprint density at radius 2 is 1.78 bits per heavy atom. The van der Waals surface area contributed by atoms with Crippen LogP contribution < -0.4 is 10.5 Å². The minimum absolute atomic E-state index is 0.0472. The van der Waals surface area contributed by atoms with Gasteiger partial charge in [0.1, 0.15) is 0 Å². The molecule has 0 unspecified atom stereocenters. The molecule has 1 aromatic carbocycles. The SMILES string of the molecule is NC(=NCCS(=O)(=O)NCc1ccccc1)N1CCCCCC1. The maximum absolute atomic E-state index is 12.0. The number of sulfonamides is 1. The maximum Gasteiger partial charge on any atom is 0.213 e. The van der Waals surface area contributed by atoms with Crippen LogP contribution in [0.5, 0.6) is 0 Å². The molecule has 1 saturated heterocycles. The van der Waals surface area contributed by atoms with E-state index in [2.05, 4.69) is 14.6 Å². The zero-order chi connectivity index (χ0) is 16.5. The third-order valence-electron chi connectivity index (χ3n) is 3.90. The summed E-state index contributed by atoms with van der Waals surface area (Å²) in [7, 11) is -3.34. The summed E-state index contributed by atoms with van der Waals surface area (Å²) in [5.41, 5.74) is 6.91. The number of nitrogens with two attached hydrogens (primary N) is 1. The van der Waals surface area contributed by atoms with Crippen LogP contribution >= 0.6 is 0 Å². The third-order valence-corrected chi connectivity index (χ3v) is 5.21. The highest BCUT2D eigenvalue weighted by molar-refractivity contribution is 7.89. The topological polar surface area (TPSA) is 87.8 Å². The highest BCUT2D eigenvalue weighted by Crippen LogP contribution is 2.09. The monoisotopic (exact) mass is 338 g/mol. The first-order chi connectivity index (χ1) is 11.1. The van der Waals surface area contributed by atoms with Crippen LogP contribution in [-0.2, 0) is 16.6 Å². The van der Waals surface area contributed by atoms with Gasteiger partial charge in [0.2, 0.25) is 10.0 Å². The van der Waals surface area contributed by atoms with Crippen LogP contribution in [0.25, 0.3) is 0 Å². The van der Waals surface area contributed by atoms with Crippen molar-refractivity contribution in [1.29, 1.82) is 0 Å². The second-order valence-corrected chi connectivity index (χ2v) is 7.69. The molecule has 23 heavy (non-hydrogen) atoms. The molecule has 0 aromatic heterocycles. The Bertz CT molecular complexity index is 594. The van der Waals surface area contributed by atoms with E-state index in [1.165, 1.54) is 12.8 Å². The normalized spacial score (nSPS) is 17.0. The van der Waals surface area contributed by atoms with Crippen molar-refractivity contribution >= 4 is 16.0 Å². The van der Waals surface area contributed by atoms with Gasteiger partial charge >= 0.3 is 0 Å². The van der Waals surface area contributed by atoms with Crippen LogP contribution in [-0.4, -0.2) is 44.7 Å². The first-order valence-corrected chi connectivity index (χ1v) is 9.78. The van der Waals surface area contributed by atoms with Gasteiger partial charge in [-0.15, -0.1) is 0 Å². The molecule has 0 atom stereocenters. The molecule has 7 heteroatoms. The lowest BCUT2D eigenvalue weighted by molar-refractivity contribution is 0.429. The average Bonchev–Trinajstić information content (AvgIpc) is 2.83. The smallest absolute Gasteiger partial charge is 0.213 e. The maximum atomic E-state index is 12.0. The molecular weight excluding hydrogens is 312 g/mol. The summed E-state index contributed by atoms with van der Waals surface area (Å²) in [4.78, 5) is 6.28. The van der Waals surface area contributed by atoms with Gasteiger partial charge in [0, 0.05) is 19.6 Å². The van der Waals surface area contributed by atoms with E-state index in [0.29, 0.717) is 12.5 Å². The summed E-state index contributed by atoms with van der Waals surface area (Å²) < 4.78 is 26.6. The molecule has 0 radical (unpaired) electrons. The summed E-state index contributed by atoms with van der Waals surface area (Å²) in [5, 5.41) is 0. The van der Waals surface area contributed by atoms with Gasteiger partial charge < -0.3 is 10.6 Å². The van der Waals surface area contributed by atoms with Crippen molar-refractivity contribution in [2.75, 3.05) is 25.4 Å². The number of nitrogens with one attached hydrogen (secondary N) is 1. The summed E-state index contributed by atoms with van der Waals surface area (Å²) >= 11 is 0. The van der Waals surface area contributed by atoms with Gasteiger partial charge in [0.25, 0.3) is 0 Å². The number of aliphatic imine (C=N–C) groups is 1. The summed E-state index contributed by atoms with van der Waals surface area (Å²) in [6.07, 6.45) is 4.68. The molecule has 2 rings (SSSR count). The van der Waals surface area contributed by atoms with Crippen LogP contribution in [0, 0.1) is 0 Å². The predicted molar refractivity (Wildman–Crippen MR) is 93.6 cm³/mol. The molecule has 128 valence electrons. The molecule has 1 aromatic rings. The summed E-state index contributed by atoms with van der Waals surface area (Å²) in [6, 6.07) is 9.44. The number of likely N-dealkylation sites (tertiary alicyclic amines) is 1. The minimum atomic E-state index is -3.34. The summed E-state index contributed by atoms with van der Waals surface area (Å²) in [5.74, 6) is 0.416. The highest BCUT2D eigenvalue weighted by atomic mass is 32.2. The van der Waals surface area contributed by atoms with Crippen molar-refractivity contribution in [3.8, 4) is 0 Å². The van der Waals surface area contributed by atoms with E-state index in [-0.39, 0.29) is 12.3 Å². The lowest BCUT2D eigenvalue weighted by Gasteiger charge is -2.21. The number of guanidine groups is 1. The Morgan fingerprint density at radius 3 is 2.43 bits per heavy atom. The number of nitrogens with zero attached hydrogens (tertiary/aromatic N) is 2. The molecule has 0 spiro atoms. The Hall–Kier alpha value is -1.60. The van der Waals surface area contributed by atoms with Crippen LogP contribution in [0.2, 0.25) is 0 Å². The Morgan fingerprint density at radius 1 is 1.13 bits per heavy atom. The molecular formula is C16H26N4O2S. The van der Waals surface area contributed by atoms with E-state index < -0.39 is 10.0 Å². The lowest BCUT2D eigenvalue weighted by atomic mass is 10.2. The quantitative estimate of drug-likeness (QED) is 0.604. The fourth-order valence-corrected chi connectivity index (χ4v) is 3.40. The third kappa shape index (κ3) is 6.58. The van der Waals surface area contributed by atoms with E-state index in [1.807, 2.05) is 30.3 Å². The van der Waals surface area contributed by atoms with E-state index >= 15 is 0 Å². The molecule has 6 nitrogen and oxygen atoms in total. The number of hydrogen-bond acceptors (Lipinski definition) is 3. The van der Waals surface area contributed by atoms with Gasteiger partial charge in [-0.25, -0.2) is 13.1 Å². The van der Waals surface area contributed by atoms with Crippen LogP contribution in [0.4, 0.5) is 0 Å². The fourth-order valence-electron chi connectivity index (χ4n) is 2.54. The van der Waals surface area contributed by atoms with Crippen LogP contribution in [0.3, 0.4) is 0 Å². The largest absolute Gasteiger partial charge is 0.370 e. The lowest BCUT2D eigenvalue weighted by Crippen LogP contribution is -2.38. The standard InChI is InChI=1S/C16H26N4O2S/c17-16(20-11-6-1-2-7-12-20)18-10-13-23(21,22)19-14-15-8-4-3-5-9-15/h3-5,8-9,19H,1-2,6-7,10-14H2,(H2,17,18). The molecule has 0 saturated carbocycles. The van der Waals surface area contributed by atoms with E-state index in [4.69, 9.17) is 5.73 Å². The molecule has 0 bridgehead atoms. The van der Waals surface area contributed by atoms with Crippen molar-refractivity contribution in [2.45, 2.75) is 32.2 Å². The van der Waals surface area contributed by atoms with Gasteiger partial charge in [0.05, 0.1) is 12.3 Å². The van der Waals surface area contributed by atoms with Gasteiger partial charge in [-0.05, 0) is 18.4 Å². The van der Waals surface area contributed by atoms with E-state index in [0.717, 1.165) is 31.5 Å². The second kappa shape index (κ2) is 8.88. The first kappa shape index (κ1) is 17.7. The average molecular weight is 338 g/mol.